The zero-order valence-electron chi connectivity index (χ0n) is 10.0. The Hall–Kier alpha value is -1.22. The van der Waals surface area contributed by atoms with E-state index in [2.05, 4.69) is 11.8 Å². The molecular formula is C13H22N2O. The third-order valence-corrected chi connectivity index (χ3v) is 2.63. The molecule has 0 fully saturated rings. The smallest absolute Gasteiger partial charge is 0.117 e. The van der Waals surface area contributed by atoms with Crippen molar-refractivity contribution >= 4 is 5.69 Å². The first kappa shape index (κ1) is 12.8. The van der Waals surface area contributed by atoms with Crippen molar-refractivity contribution in [3.63, 3.8) is 0 Å². The molecule has 3 heteroatoms. The van der Waals surface area contributed by atoms with E-state index in [9.17, 15) is 5.11 Å². The number of anilines is 1. The Labute approximate surface area is 97.9 Å². The predicted octanol–water partition coefficient (Wildman–Crippen LogP) is 2.35. The number of hydrogen-bond acceptors (Lipinski definition) is 3. The van der Waals surface area contributed by atoms with Gasteiger partial charge in [-0.3, -0.25) is 0 Å². The molecule has 1 rings (SSSR count). The summed E-state index contributed by atoms with van der Waals surface area (Å²) in [6, 6.07) is 7.37. The monoisotopic (exact) mass is 222 g/mol. The molecule has 16 heavy (non-hydrogen) atoms. The number of aromatic hydroxyl groups is 1. The standard InChI is InChI=1S/C13H22N2O/c1-2-3-4-9-15(10-8-14)12-6-5-7-13(16)11-12/h5-7,11,16H,2-4,8-10,14H2,1H3. The number of nitrogens with zero attached hydrogens (tertiary/aromatic N) is 1. The zero-order chi connectivity index (χ0) is 11.8. The maximum Gasteiger partial charge on any atom is 0.117 e. The van der Waals surface area contributed by atoms with Crippen molar-refractivity contribution in [2.75, 3.05) is 24.5 Å². The first-order chi connectivity index (χ1) is 7.77. The van der Waals surface area contributed by atoms with E-state index in [4.69, 9.17) is 5.73 Å². The Morgan fingerprint density at radius 2 is 2.06 bits per heavy atom. The van der Waals surface area contributed by atoms with E-state index in [-0.39, 0.29) is 0 Å². The number of unbranched alkanes of at least 4 members (excludes halogenated alkanes) is 2. The van der Waals surface area contributed by atoms with Gasteiger partial charge in [0.25, 0.3) is 0 Å². The molecule has 3 nitrogen and oxygen atoms in total. The van der Waals surface area contributed by atoms with Crippen LogP contribution in [0, 0.1) is 0 Å². The Morgan fingerprint density at radius 1 is 1.25 bits per heavy atom. The van der Waals surface area contributed by atoms with Gasteiger partial charge in [0, 0.05) is 31.4 Å². The third-order valence-electron chi connectivity index (χ3n) is 2.63. The van der Waals surface area contributed by atoms with Gasteiger partial charge in [-0.25, -0.2) is 0 Å². The lowest BCUT2D eigenvalue weighted by molar-refractivity contribution is 0.475. The maximum atomic E-state index is 9.44. The molecule has 0 spiro atoms. The largest absolute Gasteiger partial charge is 0.508 e. The molecule has 0 saturated carbocycles. The Bertz CT molecular complexity index is 302. The molecule has 90 valence electrons. The molecule has 0 amide bonds. The van der Waals surface area contributed by atoms with E-state index in [0.717, 1.165) is 18.8 Å². The normalized spacial score (nSPS) is 10.4. The average Bonchev–Trinajstić information content (AvgIpc) is 2.28. The molecule has 0 bridgehead atoms. The van der Waals surface area contributed by atoms with Crippen LogP contribution in [0.4, 0.5) is 5.69 Å². The summed E-state index contributed by atoms with van der Waals surface area (Å²) in [4.78, 5) is 2.23. The van der Waals surface area contributed by atoms with Crippen LogP contribution >= 0.6 is 0 Å². The summed E-state index contributed by atoms with van der Waals surface area (Å²) in [6.07, 6.45) is 3.63. The summed E-state index contributed by atoms with van der Waals surface area (Å²) in [6.45, 7) is 4.69. The second-order valence-corrected chi connectivity index (χ2v) is 4.00. The van der Waals surface area contributed by atoms with Crippen LogP contribution in [0.15, 0.2) is 24.3 Å². The fourth-order valence-electron chi connectivity index (χ4n) is 1.77. The first-order valence-electron chi connectivity index (χ1n) is 6.02. The van der Waals surface area contributed by atoms with E-state index in [1.54, 1.807) is 12.1 Å². The second-order valence-electron chi connectivity index (χ2n) is 4.00. The lowest BCUT2D eigenvalue weighted by Gasteiger charge is -2.24. The van der Waals surface area contributed by atoms with Crippen molar-refractivity contribution in [2.24, 2.45) is 5.73 Å². The fourth-order valence-corrected chi connectivity index (χ4v) is 1.77. The summed E-state index contributed by atoms with van der Waals surface area (Å²) in [5, 5.41) is 9.44. The van der Waals surface area contributed by atoms with Crippen LogP contribution in [-0.4, -0.2) is 24.7 Å². The average molecular weight is 222 g/mol. The van der Waals surface area contributed by atoms with Crippen molar-refractivity contribution in [1.82, 2.24) is 0 Å². The van der Waals surface area contributed by atoms with E-state index in [0.29, 0.717) is 12.3 Å². The molecule has 0 radical (unpaired) electrons. The first-order valence-corrected chi connectivity index (χ1v) is 6.02. The van der Waals surface area contributed by atoms with Gasteiger partial charge in [-0.2, -0.15) is 0 Å². The molecule has 0 unspecified atom stereocenters. The molecule has 0 atom stereocenters. The number of benzene rings is 1. The minimum Gasteiger partial charge on any atom is -0.508 e. The number of phenolic OH excluding ortho intramolecular Hbond substituents is 1. The predicted molar refractivity (Wildman–Crippen MR) is 68.9 cm³/mol. The highest BCUT2D eigenvalue weighted by Crippen LogP contribution is 2.20. The van der Waals surface area contributed by atoms with Gasteiger partial charge >= 0.3 is 0 Å². The Morgan fingerprint density at radius 3 is 2.69 bits per heavy atom. The fraction of sp³-hybridized carbons (Fsp3) is 0.538. The van der Waals surface area contributed by atoms with Crippen LogP contribution in [0.5, 0.6) is 5.75 Å². The van der Waals surface area contributed by atoms with Gasteiger partial charge in [0.15, 0.2) is 0 Å². The quantitative estimate of drug-likeness (QED) is 0.696. The van der Waals surface area contributed by atoms with Gasteiger partial charge in [-0.1, -0.05) is 25.8 Å². The highest BCUT2D eigenvalue weighted by atomic mass is 16.3. The lowest BCUT2D eigenvalue weighted by Crippen LogP contribution is -2.30. The third kappa shape index (κ3) is 4.11. The summed E-state index contributed by atoms with van der Waals surface area (Å²) in [7, 11) is 0. The second kappa shape index (κ2) is 7.12. The van der Waals surface area contributed by atoms with Gasteiger partial charge in [0.05, 0.1) is 0 Å². The Kier molecular flexibility index (Phi) is 5.72. The number of rotatable bonds is 7. The summed E-state index contributed by atoms with van der Waals surface area (Å²) < 4.78 is 0. The van der Waals surface area contributed by atoms with Crippen LogP contribution in [0.1, 0.15) is 26.2 Å². The SMILES string of the molecule is CCCCCN(CCN)c1cccc(O)c1. The minimum absolute atomic E-state index is 0.315. The van der Waals surface area contributed by atoms with E-state index in [1.165, 1.54) is 19.3 Å². The van der Waals surface area contributed by atoms with Crippen LogP contribution in [0.3, 0.4) is 0 Å². The number of nitrogens with two attached hydrogens (primary N) is 1. The molecule has 1 aromatic carbocycles. The summed E-state index contributed by atoms with van der Waals surface area (Å²) in [5.74, 6) is 0.315. The zero-order valence-corrected chi connectivity index (χ0v) is 10.0. The summed E-state index contributed by atoms with van der Waals surface area (Å²) in [5.41, 5.74) is 6.66. The van der Waals surface area contributed by atoms with Gasteiger partial charge in [-0.15, -0.1) is 0 Å². The summed E-state index contributed by atoms with van der Waals surface area (Å²) >= 11 is 0. The van der Waals surface area contributed by atoms with E-state index < -0.39 is 0 Å². The van der Waals surface area contributed by atoms with Crippen LogP contribution in [-0.2, 0) is 0 Å². The number of hydrogen-bond donors (Lipinski definition) is 2. The van der Waals surface area contributed by atoms with E-state index in [1.807, 2.05) is 12.1 Å². The van der Waals surface area contributed by atoms with Crippen LogP contribution in [0.2, 0.25) is 0 Å². The molecule has 0 aliphatic heterocycles. The van der Waals surface area contributed by atoms with Gasteiger partial charge in [0.2, 0.25) is 0 Å². The van der Waals surface area contributed by atoms with Gasteiger partial charge < -0.3 is 15.7 Å². The Balaban J connectivity index is 2.61. The van der Waals surface area contributed by atoms with Crippen LogP contribution in [0.25, 0.3) is 0 Å². The van der Waals surface area contributed by atoms with Gasteiger partial charge in [0.1, 0.15) is 5.75 Å². The molecule has 0 aliphatic rings. The van der Waals surface area contributed by atoms with Crippen molar-refractivity contribution in [3.8, 4) is 5.75 Å². The highest BCUT2D eigenvalue weighted by molar-refractivity contribution is 5.50. The highest BCUT2D eigenvalue weighted by Gasteiger charge is 2.05. The van der Waals surface area contributed by atoms with Crippen LogP contribution < -0.4 is 10.6 Å². The van der Waals surface area contributed by atoms with Crippen molar-refractivity contribution in [2.45, 2.75) is 26.2 Å². The van der Waals surface area contributed by atoms with Gasteiger partial charge in [-0.05, 0) is 18.6 Å². The van der Waals surface area contributed by atoms with Crippen molar-refractivity contribution in [3.05, 3.63) is 24.3 Å². The van der Waals surface area contributed by atoms with E-state index >= 15 is 0 Å². The molecule has 0 aliphatic carbocycles. The molecule has 0 saturated heterocycles. The molecule has 1 aromatic rings. The maximum absolute atomic E-state index is 9.44. The molecular weight excluding hydrogens is 200 g/mol. The molecule has 0 aromatic heterocycles. The molecule has 0 heterocycles. The number of phenols is 1. The topological polar surface area (TPSA) is 49.5 Å². The molecule has 3 N–H and O–H groups in total. The van der Waals surface area contributed by atoms with Crippen molar-refractivity contribution < 1.29 is 5.11 Å². The van der Waals surface area contributed by atoms with Crippen molar-refractivity contribution in [1.29, 1.82) is 0 Å². The lowest BCUT2D eigenvalue weighted by atomic mass is 10.2. The minimum atomic E-state index is 0.315.